The van der Waals surface area contributed by atoms with Crippen LogP contribution in [-0.4, -0.2) is 65.8 Å². The van der Waals surface area contributed by atoms with E-state index in [1.165, 1.54) is 19.9 Å². The van der Waals surface area contributed by atoms with Crippen LogP contribution in [0.1, 0.15) is 29.4 Å². The van der Waals surface area contributed by atoms with Gasteiger partial charge in [-0.15, -0.1) is 0 Å². The maximum absolute atomic E-state index is 12.7. The average molecular weight is 496 g/mol. The summed E-state index contributed by atoms with van der Waals surface area (Å²) in [5.41, 5.74) is 1.24. The first-order chi connectivity index (χ1) is 16.2. The van der Waals surface area contributed by atoms with Crippen molar-refractivity contribution in [2.75, 3.05) is 48.9 Å². The highest BCUT2D eigenvalue weighted by Crippen LogP contribution is 2.30. The number of thiazole rings is 1. The molecule has 0 aliphatic rings. The lowest BCUT2D eigenvalue weighted by Crippen LogP contribution is -2.17. The molecular weight excluding hydrogens is 470 g/mol. The number of amides is 2. The Hall–Kier alpha value is -3.62. The van der Waals surface area contributed by atoms with Gasteiger partial charge in [0.15, 0.2) is 5.13 Å². The van der Waals surface area contributed by atoms with Crippen LogP contribution in [0.3, 0.4) is 0 Å². The van der Waals surface area contributed by atoms with Crippen LogP contribution in [0.5, 0.6) is 0 Å². The van der Waals surface area contributed by atoms with Crippen LogP contribution >= 0.6 is 11.3 Å². The number of carbonyl (C=O) groups excluding carboxylic acids is 2. The van der Waals surface area contributed by atoms with E-state index in [0.29, 0.717) is 25.4 Å². The fourth-order valence-corrected chi connectivity index (χ4v) is 3.45. The summed E-state index contributed by atoms with van der Waals surface area (Å²) in [6, 6.07) is 4.74. The summed E-state index contributed by atoms with van der Waals surface area (Å²) in [7, 11) is 0. The van der Waals surface area contributed by atoms with Crippen LogP contribution in [-0.2, 0) is 19.1 Å². The number of nitro groups is 1. The van der Waals surface area contributed by atoms with Crippen LogP contribution in [0, 0.1) is 17.0 Å². The van der Waals surface area contributed by atoms with Gasteiger partial charge >= 0.3 is 11.0 Å². The van der Waals surface area contributed by atoms with Crippen LogP contribution in [0.2, 0.25) is 0 Å². The molecule has 0 bridgehead atoms. The third kappa shape index (κ3) is 8.73. The molecule has 2 aromatic rings. The predicted octanol–water partition coefficient (Wildman–Crippen LogP) is 2.49. The number of carboxylic acids is 1. The summed E-state index contributed by atoms with van der Waals surface area (Å²) >= 11 is 0.746. The van der Waals surface area contributed by atoms with Crippen LogP contribution in [0.4, 0.5) is 21.5 Å². The Morgan fingerprint density at radius 1 is 1.15 bits per heavy atom. The number of aryl methyl sites for hydroxylation is 1. The predicted molar refractivity (Wildman–Crippen MR) is 125 cm³/mol. The van der Waals surface area contributed by atoms with Crippen molar-refractivity contribution in [1.29, 1.82) is 0 Å². The first-order valence-corrected chi connectivity index (χ1v) is 10.9. The molecule has 0 aliphatic heterocycles. The standard InChI is InChI=1S/C20H25N5O8S/c1-12-19(25(30)31)34-20(22-12)24-18(29)15-4-3-14(11-16(15)23-13(2)26)21-6-8-33-10-9-32-7-5-17(27)28/h3-4,11,21H,5-10H2,1-2H3,(H,23,26)(H,27,28)(H,22,24,29). The molecule has 0 unspecified atom stereocenters. The number of ether oxygens (including phenoxy) is 2. The average Bonchev–Trinajstić information content (AvgIpc) is 3.12. The molecule has 0 saturated heterocycles. The molecule has 2 rings (SSSR count). The molecule has 0 radical (unpaired) electrons. The second-order valence-corrected chi connectivity index (χ2v) is 7.84. The summed E-state index contributed by atoms with van der Waals surface area (Å²) in [4.78, 5) is 49.1. The lowest BCUT2D eigenvalue weighted by Gasteiger charge is -2.13. The van der Waals surface area contributed by atoms with E-state index in [-0.39, 0.29) is 52.6 Å². The normalized spacial score (nSPS) is 10.5. The number of carbonyl (C=O) groups is 3. The van der Waals surface area contributed by atoms with E-state index in [9.17, 15) is 24.5 Å². The molecule has 2 amide bonds. The minimum Gasteiger partial charge on any atom is -0.481 e. The summed E-state index contributed by atoms with van der Waals surface area (Å²) in [5.74, 6) is -1.88. The van der Waals surface area contributed by atoms with Gasteiger partial charge < -0.3 is 25.2 Å². The SMILES string of the molecule is CC(=O)Nc1cc(NCCOCCOCCC(=O)O)ccc1C(=O)Nc1nc(C)c([N+](=O)[O-])s1. The van der Waals surface area contributed by atoms with E-state index in [4.69, 9.17) is 14.6 Å². The number of hydrogen-bond donors (Lipinski definition) is 4. The first-order valence-electron chi connectivity index (χ1n) is 10.1. The Bertz CT molecular complexity index is 1040. The zero-order valence-electron chi connectivity index (χ0n) is 18.6. The van der Waals surface area contributed by atoms with E-state index in [1.54, 1.807) is 12.1 Å². The Labute approximate surface area is 198 Å². The van der Waals surface area contributed by atoms with Crippen LogP contribution < -0.4 is 16.0 Å². The number of hydrogen-bond acceptors (Lipinski definition) is 10. The van der Waals surface area contributed by atoms with Crippen molar-refractivity contribution in [3.8, 4) is 0 Å². The minimum atomic E-state index is -0.922. The van der Waals surface area contributed by atoms with Crippen molar-refractivity contribution in [1.82, 2.24) is 4.98 Å². The quantitative estimate of drug-likeness (QED) is 0.173. The maximum atomic E-state index is 12.7. The van der Waals surface area contributed by atoms with Gasteiger partial charge in [-0.3, -0.25) is 29.8 Å². The van der Waals surface area contributed by atoms with Gasteiger partial charge in [0.25, 0.3) is 5.91 Å². The highest BCUT2D eigenvalue weighted by Gasteiger charge is 2.20. The van der Waals surface area contributed by atoms with Gasteiger partial charge in [0.2, 0.25) is 5.91 Å². The number of nitrogens with zero attached hydrogens (tertiary/aromatic N) is 2. The molecule has 0 atom stereocenters. The van der Waals surface area contributed by atoms with Crippen molar-refractivity contribution >= 4 is 50.6 Å². The fourth-order valence-electron chi connectivity index (χ4n) is 2.67. The van der Waals surface area contributed by atoms with Crippen molar-refractivity contribution in [2.45, 2.75) is 20.3 Å². The molecule has 1 heterocycles. The summed E-state index contributed by atoms with van der Waals surface area (Å²) < 4.78 is 10.5. The van der Waals surface area contributed by atoms with E-state index in [1.807, 2.05) is 0 Å². The summed E-state index contributed by atoms with van der Waals surface area (Å²) in [6.45, 7) is 4.29. The zero-order valence-corrected chi connectivity index (χ0v) is 19.4. The Balaban J connectivity index is 1.92. The summed E-state index contributed by atoms with van der Waals surface area (Å²) in [5, 5.41) is 27.6. The van der Waals surface area contributed by atoms with Crippen molar-refractivity contribution in [3.05, 3.63) is 39.6 Å². The first kappa shape index (κ1) is 26.6. The van der Waals surface area contributed by atoms with Gasteiger partial charge in [-0.1, -0.05) is 0 Å². The van der Waals surface area contributed by atoms with E-state index in [2.05, 4.69) is 20.9 Å². The number of rotatable bonds is 14. The Morgan fingerprint density at radius 3 is 2.47 bits per heavy atom. The van der Waals surface area contributed by atoms with E-state index < -0.39 is 16.8 Å². The lowest BCUT2D eigenvalue weighted by molar-refractivity contribution is -0.380. The zero-order chi connectivity index (χ0) is 25.1. The fraction of sp³-hybridized carbons (Fsp3) is 0.400. The van der Waals surface area contributed by atoms with Gasteiger partial charge in [0.05, 0.1) is 49.0 Å². The van der Waals surface area contributed by atoms with Crippen molar-refractivity contribution in [2.24, 2.45) is 0 Å². The number of nitrogens with one attached hydrogen (secondary N) is 3. The van der Waals surface area contributed by atoms with E-state index >= 15 is 0 Å². The highest BCUT2D eigenvalue weighted by atomic mass is 32.1. The second kappa shape index (κ2) is 13.2. The third-order valence-corrected chi connectivity index (χ3v) is 5.17. The highest BCUT2D eigenvalue weighted by molar-refractivity contribution is 7.19. The third-order valence-electron chi connectivity index (χ3n) is 4.14. The molecule has 0 saturated carbocycles. The molecule has 0 spiro atoms. The largest absolute Gasteiger partial charge is 0.481 e. The number of aromatic nitrogens is 1. The number of benzene rings is 1. The van der Waals surface area contributed by atoms with Crippen LogP contribution in [0.15, 0.2) is 18.2 Å². The van der Waals surface area contributed by atoms with Crippen molar-refractivity contribution in [3.63, 3.8) is 0 Å². The monoisotopic (exact) mass is 495 g/mol. The molecule has 34 heavy (non-hydrogen) atoms. The number of anilines is 3. The molecule has 0 fully saturated rings. The second-order valence-electron chi connectivity index (χ2n) is 6.86. The van der Waals surface area contributed by atoms with Crippen molar-refractivity contribution < 1.29 is 33.9 Å². The summed E-state index contributed by atoms with van der Waals surface area (Å²) in [6.07, 6.45) is -0.0599. The minimum absolute atomic E-state index is 0.0599. The van der Waals surface area contributed by atoms with Gasteiger partial charge in [-0.25, -0.2) is 4.98 Å². The molecular formula is C20H25N5O8S. The number of aliphatic carboxylic acids is 1. The number of carboxylic acid groups (broad SMARTS) is 1. The Morgan fingerprint density at radius 2 is 1.85 bits per heavy atom. The topological polar surface area (TPSA) is 182 Å². The van der Waals surface area contributed by atoms with Gasteiger partial charge in [-0.2, -0.15) is 0 Å². The molecule has 0 aliphatic carbocycles. The molecule has 184 valence electrons. The van der Waals surface area contributed by atoms with Gasteiger partial charge in [0.1, 0.15) is 5.69 Å². The van der Waals surface area contributed by atoms with E-state index in [0.717, 1.165) is 11.3 Å². The molecule has 1 aromatic carbocycles. The molecule has 14 heteroatoms. The molecule has 13 nitrogen and oxygen atoms in total. The van der Waals surface area contributed by atoms with Gasteiger partial charge in [0, 0.05) is 19.2 Å². The smallest absolute Gasteiger partial charge is 0.348 e. The van der Waals surface area contributed by atoms with Crippen LogP contribution in [0.25, 0.3) is 0 Å². The van der Waals surface area contributed by atoms with Gasteiger partial charge in [-0.05, 0) is 36.5 Å². The lowest BCUT2D eigenvalue weighted by atomic mass is 10.1. The Kier molecular flexibility index (Phi) is 10.3. The molecule has 1 aromatic heterocycles. The maximum Gasteiger partial charge on any atom is 0.348 e. The molecule has 4 N–H and O–H groups in total.